The van der Waals surface area contributed by atoms with Gasteiger partial charge in [-0.05, 0) is 32.1 Å². The van der Waals surface area contributed by atoms with E-state index in [4.69, 9.17) is 5.11 Å². The van der Waals surface area contributed by atoms with Gasteiger partial charge in [-0.25, -0.2) is 0 Å². The van der Waals surface area contributed by atoms with Crippen LogP contribution in [0.5, 0.6) is 0 Å². The number of allylic oxidation sites excluding steroid dienone is 4. The highest BCUT2D eigenvalue weighted by atomic mass is 16.4. The molecule has 0 aliphatic heterocycles. The van der Waals surface area contributed by atoms with Crippen molar-refractivity contribution in [3.05, 3.63) is 24.3 Å². The topological polar surface area (TPSA) is 54.4 Å². The lowest BCUT2D eigenvalue weighted by Crippen LogP contribution is -1.93. The number of ketones is 1. The summed E-state index contributed by atoms with van der Waals surface area (Å²) >= 11 is 0. The van der Waals surface area contributed by atoms with Gasteiger partial charge in [0.15, 0.2) is 0 Å². The van der Waals surface area contributed by atoms with E-state index in [9.17, 15) is 9.59 Å². The van der Waals surface area contributed by atoms with Gasteiger partial charge in [0.1, 0.15) is 5.78 Å². The molecular weight excluding hydrogens is 264 g/mol. The van der Waals surface area contributed by atoms with E-state index < -0.39 is 5.97 Å². The highest BCUT2D eigenvalue weighted by Gasteiger charge is 1.96. The summed E-state index contributed by atoms with van der Waals surface area (Å²) in [6.07, 6.45) is 18.4. The van der Waals surface area contributed by atoms with Crippen LogP contribution >= 0.6 is 0 Å². The van der Waals surface area contributed by atoms with Crippen molar-refractivity contribution in [2.45, 2.75) is 77.6 Å². The molecule has 0 heterocycles. The fourth-order valence-electron chi connectivity index (χ4n) is 2.00. The number of carbonyl (C=O) groups is 2. The predicted octanol–water partition coefficient (Wildman–Crippen LogP) is 5.06. The van der Waals surface area contributed by atoms with Crippen LogP contribution in [-0.4, -0.2) is 16.9 Å². The minimum atomic E-state index is -0.690. The summed E-state index contributed by atoms with van der Waals surface area (Å²) in [5, 5.41) is 8.50. The molecule has 0 aromatic heterocycles. The lowest BCUT2D eigenvalue weighted by atomic mass is 10.1. The van der Waals surface area contributed by atoms with Gasteiger partial charge in [-0.2, -0.15) is 0 Å². The molecule has 3 nitrogen and oxygen atoms in total. The molecule has 0 aliphatic rings. The van der Waals surface area contributed by atoms with Crippen LogP contribution in [0.3, 0.4) is 0 Å². The molecule has 1 N–H and O–H groups in total. The van der Waals surface area contributed by atoms with Crippen LogP contribution < -0.4 is 0 Å². The number of rotatable bonds is 14. The molecule has 0 amide bonds. The van der Waals surface area contributed by atoms with Gasteiger partial charge < -0.3 is 5.11 Å². The van der Waals surface area contributed by atoms with Crippen molar-refractivity contribution in [2.24, 2.45) is 0 Å². The van der Waals surface area contributed by atoms with Crippen LogP contribution in [0.15, 0.2) is 24.3 Å². The quantitative estimate of drug-likeness (QED) is 0.360. The maximum Gasteiger partial charge on any atom is 0.303 e. The van der Waals surface area contributed by atoms with Crippen molar-refractivity contribution >= 4 is 11.8 Å². The van der Waals surface area contributed by atoms with E-state index in [0.29, 0.717) is 25.0 Å². The molecule has 3 heteroatoms. The van der Waals surface area contributed by atoms with Crippen LogP contribution in [0.25, 0.3) is 0 Å². The SMILES string of the molecule is CCC(=O)CCC=CCC=CCCCCCCCC(=O)O. The van der Waals surface area contributed by atoms with Crippen molar-refractivity contribution < 1.29 is 14.7 Å². The lowest BCUT2D eigenvalue weighted by Gasteiger charge is -1.98. The van der Waals surface area contributed by atoms with Crippen LogP contribution in [0, 0.1) is 0 Å². The van der Waals surface area contributed by atoms with Gasteiger partial charge >= 0.3 is 5.97 Å². The van der Waals surface area contributed by atoms with Gasteiger partial charge in [-0.3, -0.25) is 9.59 Å². The van der Waals surface area contributed by atoms with Gasteiger partial charge in [0.05, 0.1) is 0 Å². The van der Waals surface area contributed by atoms with E-state index in [0.717, 1.165) is 38.5 Å². The van der Waals surface area contributed by atoms with E-state index in [1.165, 1.54) is 12.8 Å². The molecule has 120 valence electrons. The highest BCUT2D eigenvalue weighted by molar-refractivity contribution is 5.78. The standard InChI is InChI=1S/C18H30O3/c1-2-17(19)15-13-11-9-7-5-3-4-6-8-10-12-14-16-18(20)21/h3,5,9,11H,2,4,6-8,10,12-16H2,1H3,(H,20,21). The van der Waals surface area contributed by atoms with Crippen LogP contribution in [0.4, 0.5) is 0 Å². The predicted molar refractivity (Wildman–Crippen MR) is 87.4 cm³/mol. The summed E-state index contributed by atoms with van der Waals surface area (Å²) in [5.74, 6) is -0.358. The smallest absolute Gasteiger partial charge is 0.303 e. The largest absolute Gasteiger partial charge is 0.481 e. The third-order valence-corrected chi connectivity index (χ3v) is 3.35. The van der Waals surface area contributed by atoms with E-state index in [1.807, 2.05) is 6.92 Å². The van der Waals surface area contributed by atoms with Gasteiger partial charge in [-0.1, -0.05) is 50.5 Å². The summed E-state index contributed by atoms with van der Waals surface area (Å²) in [6, 6.07) is 0. The molecule has 21 heavy (non-hydrogen) atoms. The Balaban J connectivity index is 3.27. The fraction of sp³-hybridized carbons (Fsp3) is 0.667. The third kappa shape index (κ3) is 16.6. The molecule has 0 spiro atoms. The molecule has 0 saturated carbocycles. The number of aliphatic carboxylic acids is 1. The molecular formula is C18H30O3. The molecule has 0 aliphatic carbocycles. The van der Waals surface area contributed by atoms with Crippen LogP contribution in [-0.2, 0) is 9.59 Å². The molecule has 0 fully saturated rings. The van der Waals surface area contributed by atoms with Gasteiger partial charge in [0.25, 0.3) is 0 Å². The first-order chi connectivity index (χ1) is 10.2. The summed E-state index contributed by atoms with van der Waals surface area (Å²) < 4.78 is 0. The Morgan fingerprint density at radius 3 is 2.10 bits per heavy atom. The number of hydrogen-bond acceptors (Lipinski definition) is 2. The summed E-state index contributed by atoms with van der Waals surface area (Å²) in [7, 11) is 0. The van der Waals surface area contributed by atoms with Crippen molar-refractivity contribution in [3.8, 4) is 0 Å². The summed E-state index contributed by atoms with van der Waals surface area (Å²) in [5.41, 5.74) is 0. The Labute approximate surface area is 129 Å². The second kappa shape index (κ2) is 15.0. The molecule has 0 bridgehead atoms. The Hall–Kier alpha value is -1.38. The van der Waals surface area contributed by atoms with E-state index in [2.05, 4.69) is 24.3 Å². The number of carboxylic acid groups (broad SMARTS) is 1. The minimum Gasteiger partial charge on any atom is -0.481 e. The van der Waals surface area contributed by atoms with E-state index in [1.54, 1.807) is 0 Å². The number of Topliss-reactive ketones (excluding diaryl/α,β-unsaturated/α-hetero) is 1. The molecule has 0 rings (SSSR count). The van der Waals surface area contributed by atoms with E-state index >= 15 is 0 Å². The lowest BCUT2D eigenvalue weighted by molar-refractivity contribution is -0.137. The summed E-state index contributed by atoms with van der Waals surface area (Å²) in [4.78, 5) is 21.4. The second-order valence-corrected chi connectivity index (χ2v) is 5.31. The third-order valence-electron chi connectivity index (χ3n) is 3.35. The normalized spacial score (nSPS) is 11.5. The first-order valence-corrected chi connectivity index (χ1v) is 8.20. The van der Waals surface area contributed by atoms with Gasteiger partial charge in [0.2, 0.25) is 0 Å². The zero-order valence-corrected chi connectivity index (χ0v) is 13.4. The van der Waals surface area contributed by atoms with Crippen molar-refractivity contribution in [1.82, 2.24) is 0 Å². The second-order valence-electron chi connectivity index (χ2n) is 5.31. The Morgan fingerprint density at radius 1 is 0.810 bits per heavy atom. The van der Waals surface area contributed by atoms with Crippen LogP contribution in [0.1, 0.15) is 77.6 Å². The Morgan fingerprint density at radius 2 is 1.43 bits per heavy atom. The fourth-order valence-corrected chi connectivity index (χ4v) is 2.00. The zero-order valence-electron chi connectivity index (χ0n) is 13.4. The van der Waals surface area contributed by atoms with Crippen molar-refractivity contribution in [3.63, 3.8) is 0 Å². The first-order valence-electron chi connectivity index (χ1n) is 8.20. The molecule has 0 radical (unpaired) electrons. The van der Waals surface area contributed by atoms with Gasteiger partial charge in [-0.15, -0.1) is 0 Å². The average Bonchev–Trinajstić information content (AvgIpc) is 2.46. The minimum absolute atomic E-state index is 0.302. The Bertz CT molecular complexity index is 329. The number of carboxylic acids is 1. The van der Waals surface area contributed by atoms with Gasteiger partial charge in [0, 0.05) is 19.3 Å². The maximum absolute atomic E-state index is 11.1. The van der Waals surface area contributed by atoms with Crippen molar-refractivity contribution in [2.75, 3.05) is 0 Å². The van der Waals surface area contributed by atoms with Crippen LogP contribution in [0.2, 0.25) is 0 Å². The molecule has 0 atom stereocenters. The monoisotopic (exact) mass is 294 g/mol. The average molecular weight is 294 g/mol. The van der Waals surface area contributed by atoms with E-state index in [-0.39, 0.29) is 0 Å². The summed E-state index contributed by atoms with van der Waals surface area (Å²) in [6.45, 7) is 1.90. The molecule has 0 saturated heterocycles. The molecule has 0 aromatic carbocycles. The number of carbonyl (C=O) groups excluding carboxylic acids is 1. The maximum atomic E-state index is 11.1. The first kappa shape index (κ1) is 19.6. The molecule has 0 aromatic rings. The molecule has 0 unspecified atom stereocenters. The number of hydrogen-bond donors (Lipinski definition) is 1. The van der Waals surface area contributed by atoms with Crippen molar-refractivity contribution in [1.29, 1.82) is 0 Å². The highest BCUT2D eigenvalue weighted by Crippen LogP contribution is 2.07. The number of unbranched alkanes of at least 4 members (excludes halogenated alkanes) is 5. The Kier molecular flexibility index (Phi) is 14.0. The zero-order chi connectivity index (χ0) is 15.8.